The van der Waals surface area contributed by atoms with Gasteiger partial charge in [-0.15, -0.1) is 0 Å². The first-order chi connectivity index (χ1) is 20.4. The molecule has 2 aliphatic rings. The van der Waals surface area contributed by atoms with E-state index in [0.29, 0.717) is 0 Å². The van der Waals surface area contributed by atoms with Gasteiger partial charge in [-0.1, -0.05) is 36.4 Å². The molecule has 2 fully saturated rings. The number of carbonyl (C=O) groups excluding carboxylic acids is 4. The first-order valence-electron chi connectivity index (χ1n) is 14.4. The molecule has 0 radical (unpaired) electrons. The van der Waals surface area contributed by atoms with Gasteiger partial charge in [-0.05, 0) is 42.5 Å². The second-order valence-electron chi connectivity index (χ2n) is 10.7. The maximum absolute atomic E-state index is 13.5. The van der Waals surface area contributed by atoms with E-state index in [1.54, 1.807) is 11.2 Å². The molecule has 0 spiro atoms. The number of hydrogen-bond acceptors (Lipinski definition) is 7. The van der Waals surface area contributed by atoms with Crippen molar-refractivity contribution in [3.63, 3.8) is 0 Å². The lowest BCUT2D eigenvalue weighted by Gasteiger charge is -2.41. The minimum absolute atomic E-state index is 0.00935. The third kappa shape index (κ3) is 7.06. The van der Waals surface area contributed by atoms with Gasteiger partial charge in [0.25, 0.3) is 0 Å². The molecule has 42 heavy (non-hydrogen) atoms. The molecule has 2 atom stereocenters. The quantitative estimate of drug-likeness (QED) is 0.351. The van der Waals surface area contributed by atoms with Crippen LogP contribution in [0.5, 0.6) is 0 Å². The largest absolute Gasteiger partial charge is 0.445 e. The van der Waals surface area contributed by atoms with Crippen LogP contribution in [0.2, 0.25) is 0 Å². The van der Waals surface area contributed by atoms with Gasteiger partial charge >= 0.3 is 6.09 Å². The molecule has 5 rings (SSSR count). The molecule has 222 valence electrons. The van der Waals surface area contributed by atoms with E-state index in [1.165, 1.54) is 9.80 Å². The van der Waals surface area contributed by atoms with Crippen molar-refractivity contribution in [2.24, 2.45) is 5.73 Å². The molecule has 4 N–H and O–H groups in total. The summed E-state index contributed by atoms with van der Waals surface area (Å²) in [6.45, 7) is 2.06. The van der Waals surface area contributed by atoms with Crippen molar-refractivity contribution < 1.29 is 23.9 Å². The highest BCUT2D eigenvalue weighted by Crippen LogP contribution is 2.17. The maximum Gasteiger partial charge on any atom is 0.410 e. The van der Waals surface area contributed by atoms with Crippen LogP contribution in [0.25, 0.3) is 11.0 Å². The van der Waals surface area contributed by atoms with Gasteiger partial charge in [-0.3, -0.25) is 14.4 Å². The number of imidazole rings is 1. The van der Waals surface area contributed by atoms with E-state index < -0.39 is 30.0 Å². The van der Waals surface area contributed by atoms with Gasteiger partial charge in [-0.2, -0.15) is 0 Å². The second kappa shape index (κ2) is 13.5. The Morgan fingerprint density at radius 3 is 2.57 bits per heavy atom. The number of hydrogen-bond donors (Lipinski definition) is 3. The topological polar surface area (TPSA) is 154 Å². The van der Waals surface area contributed by atoms with E-state index in [1.807, 2.05) is 48.5 Å². The molecule has 12 nitrogen and oxygen atoms in total. The molecule has 2 aromatic carbocycles. The van der Waals surface area contributed by atoms with Gasteiger partial charge in [-0.25, -0.2) is 9.78 Å². The molecule has 1 aromatic heterocycles. The molecule has 0 bridgehead atoms. The van der Waals surface area contributed by atoms with Crippen LogP contribution in [0.4, 0.5) is 4.79 Å². The average molecular weight is 576 g/mol. The van der Waals surface area contributed by atoms with Crippen LogP contribution >= 0.6 is 0 Å². The Hall–Kier alpha value is -4.45. The number of nitrogens with one attached hydrogen (secondary N) is 2. The van der Waals surface area contributed by atoms with Gasteiger partial charge in [0, 0.05) is 39.1 Å². The zero-order chi connectivity index (χ0) is 29.5. The first-order valence-corrected chi connectivity index (χ1v) is 14.4. The number of amides is 4. The van der Waals surface area contributed by atoms with Crippen molar-refractivity contribution in [3.8, 4) is 0 Å². The molecule has 0 aliphatic carbocycles. The molecular formula is C30H37N7O5. The third-order valence-electron chi connectivity index (χ3n) is 7.83. The van der Waals surface area contributed by atoms with Crippen LogP contribution in [0.15, 0.2) is 54.9 Å². The lowest BCUT2D eigenvalue weighted by Crippen LogP contribution is -2.63. The van der Waals surface area contributed by atoms with E-state index >= 15 is 0 Å². The second-order valence-corrected chi connectivity index (χ2v) is 10.7. The van der Waals surface area contributed by atoms with Gasteiger partial charge in [0.05, 0.1) is 29.9 Å². The SMILES string of the molecule is NC(CCC(=O)N1CCCC1)C(=O)N1CCN(C(=O)OCc2ccccc2)CC1C(=O)NCc1ccc2[nH]cnc2c1. The zero-order valence-corrected chi connectivity index (χ0v) is 23.5. The maximum atomic E-state index is 13.5. The summed E-state index contributed by atoms with van der Waals surface area (Å²) in [5.41, 5.74) is 9.61. The number of aromatic nitrogens is 2. The fourth-order valence-electron chi connectivity index (χ4n) is 5.38. The van der Waals surface area contributed by atoms with Gasteiger partial charge in [0.1, 0.15) is 12.6 Å². The lowest BCUT2D eigenvalue weighted by atomic mass is 10.1. The molecule has 3 aromatic rings. The highest BCUT2D eigenvalue weighted by molar-refractivity contribution is 5.91. The van der Waals surface area contributed by atoms with Crippen LogP contribution in [0.1, 0.15) is 36.8 Å². The number of benzene rings is 2. The minimum atomic E-state index is -0.968. The Kier molecular flexibility index (Phi) is 9.32. The Labute approximate surface area is 244 Å². The summed E-state index contributed by atoms with van der Waals surface area (Å²) < 4.78 is 5.49. The van der Waals surface area contributed by atoms with Crippen molar-refractivity contribution in [1.82, 2.24) is 30.0 Å². The third-order valence-corrected chi connectivity index (χ3v) is 7.83. The molecule has 12 heteroatoms. The smallest absolute Gasteiger partial charge is 0.410 e. The Morgan fingerprint density at radius 2 is 1.79 bits per heavy atom. The number of rotatable bonds is 9. The van der Waals surface area contributed by atoms with Crippen molar-refractivity contribution in [2.75, 3.05) is 32.7 Å². The van der Waals surface area contributed by atoms with Gasteiger partial charge in [0.2, 0.25) is 17.7 Å². The normalized spacial score (nSPS) is 17.7. The molecule has 2 unspecified atom stereocenters. The monoisotopic (exact) mass is 575 g/mol. The van der Waals surface area contributed by atoms with Crippen molar-refractivity contribution in [1.29, 1.82) is 0 Å². The molecule has 0 saturated carbocycles. The van der Waals surface area contributed by atoms with E-state index in [9.17, 15) is 19.2 Å². The number of nitrogens with zero attached hydrogens (tertiary/aromatic N) is 4. The highest BCUT2D eigenvalue weighted by atomic mass is 16.6. The number of nitrogens with two attached hydrogens (primary N) is 1. The molecule has 2 saturated heterocycles. The highest BCUT2D eigenvalue weighted by Gasteiger charge is 2.39. The van der Waals surface area contributed by atoms with Gasteiger partial charge in [0.15, 0.2) is 0 Å². The van der Waals surface area contributed by atoms with Crippen LogP contribution in [-0.2, 0) is 32.3 Å². The lowest BCUT2D eigenvalue weighted by molar-refractivity contribution is -0.145. The zero-order valence-electron chi connectivity index (χ0n) is 23.5. The standard InChI is InChI=1S/C30H37N7O5/c31-23(9-11-27(38)35-12-4-5-13-35)29(40)37-15-14-36(30(41)42-19-21-6-2-1-3-7-21)18-26(37)28(39)32-17-22-8-10-24-25(16-22)34-20-33-24/h1-3,6-8,10,16,20,23,26H,4-5,9,11-15,17-19,31H2,(H,32,39)(H,33,34). The van der Waals surface area contributed by atoms with Crippen molar-refractivity contribution in [3.05, 3.63) is 66.0 Å². The van der Waals surface area contributed by atoms with Crippen LogP contribution in [-0.4, -0.2) is 93.3 Å². The Bertz CT molecular complexity index is 1410. The summed E-state index contributed by atoms with van der Waals surface area (Å²) in [7, 11) is 0. The van der Waals surface area contributed by atoms with E-state index in [0.717, 1.165) is 48.1 Å². The van der Waals surface area contributed by atoms with Crippen molar-refractivity contribution >= 4 is 34.8 Å². The average Bonchev–Trinajstić information content (AvgIpc) is 3.73. The number of ether oxygens (including phenoxy) is 1. The minimum Gasteiger partial charge on any atom is -0.445 e. The summed E-state index contributed by atoms with van der Waals surface area (Å²) >= 11 is 0. The van der Waals surface area contributed by atoms with Crippen LogP contribution in [0.3, 0.4) is 0 Å². The first kappa shape index (κ1) is 29.1. The van der Waals surface area contributed by atoms with Crippen molar-refractivity contribution in [2.45, 2.75) is 50.9 Å². The summed E-state index contributed by atoms with van der Waals surface area (Å²) in [5.74, 6) is -0.837. The number of fused-ring (bicyclic) bond motifs is 1. The Morgan fingerprint density at radius 1 is 1.00 bits per heavy atom. The van der Waals surface area contributed by atoms with Gasteiger partial charge < -0.3 is 35.5 Å². The number of piperazine rings is 1. The predicted octanol–water partition coefficient (Wildman–Crippen LogP) is 1.76. The number of carbonyl (C=O) groups is 4. The molecular weight excluding hydrogens is 538 g/mol. The van der Waals surface area contributed by atoms with Crippen LogP contribution in [0, 0.1) is 0 Å². The fourth-order valence-corrected chi connectivity index (χ4v) is 5.38. The summed E-state index contributed by atoms with van der Waals surface area (Å²) in [4.78, 5) is 64.4. The number of aromatic amines is 1. The molecule has 3 heterocycles. The fraction of sp³-hybridized carbons (Fsp3) is 0.433. The summed E-state index contributed by atoms with van der Waals surface area (Å²) in [5, 5.41) is 2.90. The summed E-state index contributed by atoms with van der Waals surface area (Å²) in [6.07, 6.45) is 3.37. The molecule has 2 aliphatic heterocycles. The number of H-pyrrole nitrogens is 1. The Balaban J connectivity index is 1.23. The van der Waals surface area contributed by atoms with E-state index in [-0.39, 0.29) is 51.5 Å². The number of likely N-dealkylation sites (tertiary alicyclic amines) is 1. The van der Waals surface area contributed by atoms with Crippen LogP contribution < -0.4 is 11.1 Å². The van der Waals surface area contributed by atoms with E-state index in [2.05, 4.69) is 15.3 Å². The van der Waals surface area contributed by atoms with E-state index in [4.69, 9.17) is 10.5 Å². The predicted molar refractivity (Wildman–Crippen MR) is 155 cm³/mol. The molecule has 4 amide bonds. The summed E-state index contributed by atoms with van der Waals surface area (Å²) in [6, 6.07) is 13.0.